The molecule has 168 valence electrons. The number of ether oxygens (including phenoxy) is 2. The van der Waals surface area contributed by atoms with Crippen LogP contribution in [0.15, 0.2) is 78.5 Å². The predicted octanol–water partition coefficient (Wildman–Crippen LogP) is 5.05. The molecule has 0 saturated heterocycles. The molecule has 3 aromatic carbocycles. The van der Waals surface area contributed by atoms with Gasteiger partial charge in [0.1, 0.15) is 17.2 Å². The summed E-state index contributed by atoms with van der Waals surface area (Å²) >= 11 is 0. The average Bonchev–Trinajstić information content (AvgIpc) is 3.09. The minimum Gasteiger partial charge on any atom is -0.496 e. The van der Waals surface area contributed by atoms with E-state index < -0.39 is 11.8 Å². The van der Waals surface area contributed by atoms with Crippen LogP contribution in [0.2, 0.25) is 0 Å². The van der Waals surface area contributed by atoms with Gasteiger partial charge in [0, 0.05) is 11.3 Å². The number of anilines is 2. The zero-order valence-corrected chi connectivity index (χ0v) is 18.9. The molecule has 1 aliphatic rings. The normalized spacial score (nSPS) is 13.5. The molecule has 4 rings (SSSR count). The quantitative estimate of drug-likeness (QED) is 0.494. The number of hydrogen-bond acceptors (Lipinski definition) is 5. The van der Waals surface area contributed by atoms with Crippen LogP contribution < -0.4 is 19.7 Å². The summed E-state index contributed by atoms with van der Waals surface area (Å²) in [5.41, 5.74) is 3.42. The molecule has 0 radical (unpaired) electrons. The Hall–Kier alpha value is -4.06. The Balaban J connectivity index is 1.78. The largest absolute Gasteiger partial charge is 0.496 e. The van der Waals surface area contributed by atoms with E-state index in [1.54, 1.807) is 43.5 Å². The highest BCUT2D eigenvalue weighted by Crippen LogP contribution is 2.37. The fraction of sp³-hybridized carbons (Fsp3) is 0.185. The van der Waals surface area contributed by atoms with Crippen LogP contribution in [-0.4, -0.2) is 25.5 Å². The minimum atomic E-state index is -0.426. The van der Waals surface area contributed by atoms with Gasteiger partial charge in [-0.2, -0.15) is 0 Å². The molecule has 6 nitrogen and oxygen atoms in total. The number of carbonyl (C=O) groups is 2. The van der Waals surface area contributed by atoms with Crippen molar-refractivity contribution in [2.24, 2.45) is 0 Å². The highest BCUT2D eigenvalue weighted by Gasteiger charge is 2.41. The SMILES string of the molecule is CCOc1ccc(N2C(=O)C(Nc3ccc(CC)cc3)=C(c3ccccc3OC)C2=O)cc1. The summed E-state index contributed by atoms with van der Waals surface area (Å²) in [7, 11) is 1.54. The smallest absolute Gasteiger partial charge is 0.282 e. The van der Waals surface area contributed by atoms with Crippen LogP contribution in [0.25, 0.3) is 5.57 Å². The van der Waals surface area contributed by atoms with Crippen molar-refractivity contribution >= 4 is 28.8 Å². The van der Waals surface area contributed by atoms with E-state index in [0.29, 0.717) is 29.4 Å². The molecule has 0 unspecified atom stereocenters. The lowest BCUT2D eigenvalue weighted by molar-refractivity contribution is -0.120. The van der Waals surface area contributed by atoms with Crippen molar-refractivity contribution in [1.82, 2.24) is 0 Å². The van der Waals surface area contributed by atoms with E-state index in [2.05, 4.69) is 12.2 Å². The summed E-state index contributed by atoms with van der Waals surface area (Å²) in [6, 6.07) is 21.9. The van der Waals surface area contributed by atoms with Gasteiger partial charge in [-0.05, 0) is 61.4 Å². The number of methoxy groups -OCH3 is 1. The van der Waals surface area contributed by atoms with Crippen molar-refractivity contribution < 1.29 is 19.1 Å². The number of imide groups is 1. The molecule has 0 fully saturated rings. The summed E-state index contributed by atoms with van der Waals surface area (Å²) < 4.78 is 11.0. The number of nitrogens with zero attached hydrogens (tertiary/aromatic N) is 1. The topological polar surface area (TPSA) is 67.9 Å². The average molecular weight is 443 g/mol. The monoisotopic (exact) mass is 442 g/mol. The predicted molar refractivity (Wildman–Crippen MR) is 129 cm³/mol. The highest BCUT2D eigenvalue weighted by atomic mass is 16.5. The number of benzene rings is 3. The second-order valence-electron chi connectivity index (χ2n) is 7.50. The first-order valence-corrected chi connectivity index (χ1v) is 10.9. The van der Waals surface area contributed by atoms with Gasteiger partial charge >= 0.3 is 0 Å². The number of hydrogen-bond donors (Lipinski definition) is 1. The van der Waals surface area contributed by atoms with Crippen LogP contribution in [0.1, 0.15) is 25.0 Å². The second kappa shape index (κ2) is 9.61. The van der Waals surface area contributed by atoms with Gasteiger partial charge < -0.3 is 14.8 Å². The number of para-hydroxylation sites is 1. The maximum absolute atomic E-state index is 13.6. The molecule has 0 aliphatic carbocycles. The van der Waals surface area contributed by atoms with Gasteiger partial charge in [-0.1, -0.05) is 37.3 Å². The Morgan fingerprint density at radius 1 is 0.848 bits per heavy atom. The number of nitrogens with one attached hydrogen (secondary N) is 1. The first-order valence-electron chi connectivity index (χ1n) is 10.9. The van der Waals surface area contributed by atoms with Gasteiger partial charge in [-0.15, -0.1) is 0 Å². The Kier molecular flexibility index (Phi) is 6.45. The molecule has 1 heterocycles. The fourth-order valence-corrected chi connectivity index (χ4v) is 3.81. The molecule has 0 spiro atoms. The van der Waals surface area contributed by atoms with Gasteiger partial charge in [-0.3, -0.25) is 9.59 Å². The zero-order valence-electron chi connectivity index (χ0n) is 18.9. The maximum Gasteiger partial charge on any atom is 0.282 e. The molecule has 33 heavy (non-hydrogen) atoms. The molecule has 1 N–H and O–H groups in total. The minimum absolute atomic E-state index is 0.211. The van der Waals surface area contributed by atoms with E-state index in [9.17, 15) is 9.59 Å². The summed E-state index contributed by atoms with van der Waals surface area (Å²) in [4.78, 5) is 28.3. The Morgan fingerprint density at radius 2 is 1.55 bits per heavy atom. The third kappa shape index (κ3) is 4.32. The molecule has 3 aromatic rings. The Morgan fingerprint density at radius 3 is 2.18 bits per heavy atom. The summed E-state index contributed by atoms with van der Waals surface area (Å²) in [5, 5.41) is 3.19. The Labute approximate surface area is 193 Å². The van der Waals surface area contributed by atoms with Crippen LogP contribution >= 0.6 is 0 Å². The molecule has 1 aliphatic heterocycles. The summed E-state index contributed by atoms with van der Waals surface area (Å²) in [5.74, 6) is 0.349. The fourth-order valence-electron chi connectivity index (χ4n) is 3.81. The van der Waals surface area contributed by atoms with Crippen LogP contribution in [0.3, 0.4) is 0 Å². The van der Waals surface area contributed by atoms with E-state index in [-0.39, 0.29) is 11.3 Å². The van der Waals surface area contributed by atoms with Crippen molar-refractivity contribution in [3.63, 3.8) is 0 Å². The lowest BCUT2D eigenvalue weighted by Crippen LogP contribution is -2.32. The second-order valence-corrected chi connectivity index (χ2v) is 7.50. The number of amides is 2. The van der Waals surface area contributed by atoms with Crippen LogP contribution in [0, 0.1) is 0 Å². The standard InChI is InChI=1S/C27H26N2O4/c1-4-18-10-12-19(13-11-18)28-25-24(22-8-6-7-9-23(22)32-3)26(30)29(27(25)31)20-14-16-21(17-15-20)33-5-2/h6-17,28H,4-5H2,1-3H3. The molecule has 0 atom stereocenters. The van der Waals surface area contributed by atoms with Gasteiger partial charge in [-0.25, -0.2) is 4.90 Å². The number of aryl methyl sites for hydroxylation is 1. The molecule has 2 amide bonds. The molecular formula is C27H26N2O4. The molecule has 0 bridgehead atoms. The first-order chi connectivity index (χ1) is 16.1. The van der Waals surface area contributed by atoms with E-state index in [1.165, 1.54) is 10.5 Å². The Bertz CT molecular complexity index is 1200. The van der Waals surface area contributed by atoms with Crippen molar-refractivity contribution in [2.45, 2.75) is 20.3 Å². The van der Waals surface area contributed by atoms with Gasteiger partial charge in [0.05, 0.1) is 25.0 Å². The lowest BCUT2D eigenvalue weighted by Gasteiger charge is -2.16. The van der Waals surface area contributed by atoms with Crippen LogP contribution in [-0.2, 0) is 16.0 Å². The number of rotatable bonds is 8. The van der Waals surface area contributed by atoms with E-state index >= 15 is 0 Å². The molecule has 0 aromatic heterocycles. The third-order valence-corrected chi connectivity index (χ3v) is 5.50. The van der Waals surface area contributed by atoms with Crippen LogP contribution in [0.5, 0.6) is 11.5 Å². The third-order valence-electron chi connectivity index (χ3n) is 5.50. The van der Waals surface area contributed by atoms with Crippen molar-refractivity contribution in [3.05, 3.63) is 89.6 Å². The van der Waals surface area contributed by atoms with E-state index in [0.717, 1.165) is 12.1 Å². The molecule has 0 saturated carbocycles. The zero-order chi connectivity index (χ0) is 23.4. The first kappa shape index (κ1) is 22.1. The highest BCUT2D eigenvalue weighted by molar-refractivity contribution is 6.46. The van der Waals surface area contributed by atoms with Crippen LogP contribution in [0.4, 0.5) is 11.4 Å². The maximum atomic E-state index is 13.6. The molecule has 6 heteroatoms. The number of carbonyl (C=O) groups excluding carboxylic acids is 2. The molecular weight excluding hydrogens is 416 g/mol. The summed E-state index contributed by atoms with van der Waals surface area (Å²) in [6.07, 6.45) is 0.915. The van der Waals surface area contributed by atoms with Crippen molar-refractivity contribution in [3.8, 4) is 11.5 Å². The van der Waals surface area contributed by atoms with Gasteiger partial charge in [0.2, 0.25) is 0 Å². The summed E-state index contributed by atoms with van der Waals surface area (Å²) in [6.45, 7) is 4.51. The van der Waals surface area contributed by atoms with Crippen molar-refractivity contribution in [2.75, 3.05) is 23.9 Å². The lowest BCUT2D eigenvalue weighted by atomic mass is 10.0. The van der Waals surface area contributed by atoms with Crippen molar-refractivity contribution in [1.29, 1.82) is 0 Å². The van der Waals surface area contributed by atoms with Gasteiger partial charge in [0.15, 0.2) is 0 Å². The van der Waals surface area contributed by atoms with Gasteiger partial charge in [0.25, 0.3) is 11.8 Å². The van der Waals surface area contributed by atoms with E-state index in [1.807, 2.05) is 43.3 Å². The van der Waals surface area contributed by atoms with E-state index in [4.69, 9.17) is 9.47 Å².